The number of nitrogens with one attached hydrogen (secondary N) is 1. The summed E-state index contributed by atoms with van der Waals surface area (Å²) in [5.41, 5.74) is 1.54. The molecular weight excluding hydrogens is 230 g/mol. The van der Waals surface area contributed by atoms with Crippen molar-refractivity contribution >= 4 is 11.5 Å². The van der Waals surface area contributed by atoms with Gasteiger partial charge in [-0.25, -0.2) is 9.97 Å². The van der Waals surface area contributed by atoms with Gasteiger partial charge in [-0.1, -0.05) is 0 Å². The summed E-state index contributed by atoms with van der Waals surface area (Å²) in [4.78, 5) is 8.32. The maximum atomic E-state index is 9.23. The number of methoxy groups -OCH3 is 1. The summed E-state index contributed by atoms with van der Waals surface area (Å²) in [6, 6.07) is 7.48. The number of aromatic nitrogens is 2. The second-order valence-corrected chi connectivity index (χ2v) is 3.80. The molecule has 5 heteroatoms. The van der Waals surface area contributed by atoms with Crippen molar-refractivity contribution in [3.05, 3.63) is 41.9 Å². The molecular formula is C13H15N3O2. The molecule has 0 aliphatic carbocycles. The van der Waals surface area contributed by atoms with Gasteiger partial charge in [0.1, 0.15) is 17.4 Å². The molecule has 5 nitrogen and oxygen atoms in total. The predicted octanol–water partition coefficient (Wildman–Crippen LogP) is 2.03. The molecule has 1 aromatic heterocycles. The maximum Gasteiger partial charge on any atom is 0.139 e. The van der Waals surface area contributed by atoms with Crippen molar-refractivity contribution in [3.8, 4) is 5.75 Å². The highest BCUT2D eigenvalue weighted by molar-refractivity contribution is 5.59. The third kappa shape index (κ3) is 2.75. The van der Waals surface area contributed by atoms with Crippen LogP contribution in [0.2, 0.25) is 0 Å². The fourth-order valence-electron chi connectivity index (χ4n) is 1.53. The molecule has 0 fully saturated rings. The van der Waals surface area contributed by atoms with Crippen LogP contribution in [0, 0.1) is 6.92 Å². The quantitative estimate of drug-likeness (QED) is 0.862. The van der Waals surface area contributed by atoms with Gasteiger partial charge in [0, 0.05) is 17.4 Å². The van der Waals surface area contributed by atoms with Gasteiger partial charge >= 0.3 is 0 Å². The van der Waals surface area contributed by atoms with Gasteiger partial charge in [0.15, 0.2) is 0 Å². The molecule has 2 aromatic rings. The van der Waals surface area contributed by atoms with Gasteiger partial charge in [-0.15, -0.1) is 0 Å². The predicted molar refractivity (Wildman–Crippen MR) is 69.0 cm³/mol. The van der Waals surface area contributed by atoms with Crippen molar-refractivity contribution in [1.82, 2.24) is 9.97 Å². The Hall–Kier alpha value is -2.14. The standard InChI is InChI=1S/C13H15N3O2/c1-9-14-7-10(8-17)13(15-9)16-11-3-5-12(18-2)6-4-11/h3-7,17H,8H2,1-2H3,(H,14,15,16). The Kier molecular flexibility index (Phi) is 3.74. The van der Waals surface area contributed by atoms with E-state index in [1.54, 1.807) is 20.2 Å². The van der Waals surface area contributed by atoms with Crippen LogP contribution in [0.3, 0.4) is 0 Å². The van der Waals surface area contributed by atoms with Crippen LogP contribution in [-0.2, 0) is 6.61 Å². The fourth-order valence-corrected chi connectivity index (χ4v) is 1.53. The Morgan fingerprint density at radius 3 is 2.61 bits per heavy atom. The Labute approximate surface area is 105 Å². The van der Waals surface area contributed by atoms with Gasteiger partial charge in [0.25, 0.3) is 0 Å². The summed E-state index contributed by atoms with van der Waals surface area (Å²) >= 11 is 0. The zero-order valence-corrected chi connectivity index (χ0v) is 10.3. The summed E-state index contributed by atoms with van der Waals surface area (Å²) in [5.74, 6) is 2.07. The molecule has 0 unspecified atom stereocenters. The minimum atomic E-state index is -0.0984. The van der Waals surface area contributed by atoms with Gasteiger partial charge in [0.2, 0.25) is 0 Å². The van der Waals surface area contributed by atoms with Crippen LogP contribution in [0.4, 0.5) is 11.5 Å². The number of aliphatic hydroxyl groups excluding tert-OH is 1. The zero-order valence-electron chi connectivity index (χ0n) is 10.3. The summed E-state index contributed by atoms with van der Waals surface area (Å²) in [5, 5.41) is 12.4. The van der Waals surface area contributed by atoms with E-state index in [4.69, 9.17) is 4.74 Å². The van der Waals surface area contributed by atoms with E-state index in [1.165, 1.54) is 0 Å². The lowest BCUT2D eigenvalue weighted by Crippen LogP contribution is -2.02. The van der Waals surface area contributed by atoms with Crippen molar-refractivity contribution in [2.45, 2.75) is 13.5 Å². The first kappa shape index (κ1) is 12.3. The zero-order chi connectivity index (χ0) is 13.0. The normalized spacial score (nSPS) is 10.2. The molecule has 94 valence electrons. The van der Waals surface area contributed by atoms with E-state index in [1.807, 2.05) is 24.3 Å². The van der Waals surface area contributed by atoms with Crippen molar-refractivity contribution in [2.24, 2.45) is 0 Å². The minimum absolute atomic E-state index is 0.0984. The summed E-state index contributed by atoms with van der Waals surface area (Å²) < 4.78 is 5.09. The molecule has 0 atom stereocenters. The van der Waals surface area contributed by atoms with E-state index >= 15 is 0 Å². The van der Waals surface area contributed by atoms with Gasteiger partial charge in [-0.05, 0) is 31.2 Å². The molecule has 2 rings (SSSR count). The van der Waals surface area contributed by atoms with Crippen molar-refractivity contribution < 1.29 is 9.84 Å². The highest BCUT2D eigenvalue weighted by atomic mass is 16.5. The van der Waals surface area contributed by atoms with E-state index in [9.17, 15) is 5.11 Å². The first-order valence-corrected chi connectivity index (χ1v) is 5.57. The average Bonchev–Trinajstić information content (AvgIpc) is 2.40. The van der Waals surface area contributed by atoms with Crippen LogP contribution in [0.25, 0.3) is 0 Å². The molecule has 0 saturated heterocycles. The largest absolute Gasteiger partial charge is 0.497 e. The van der Waals surface area contributed by atoms with Gasteiger partial charge in [0.05, 0.1) is 13.7 Å². The van der Waals surface area contributed by atoms with E-state index in [0.717, 1.165) is 11.4 Å². The fraction of sp³-hybridized carbons (Fsp3) is 0.231. The molecule has 0 saturated carbocycles. The minimum Gasteiger partial charge on any atom is -0.497 e. The number of aryl methyl sites for hydroxylation is 1. The second kappa shape index (κ2) is 5.46. The number of benzene rings is 1. The van der Waals surface area contributed by atoms with E-state index in [0.29, 0.717) is 17.2 Å². The monoisotopic (exact) mass is 245 g/mol. The number of hydrogen-bond acceptors (Lipinski definition) is 5. The number of nitrogens with zero attached hydrogens (tertiary/aromatic N) is 2. The lowest BCUT2D eigenvalue weighted by molar-refractivity contribution is 0.281. The lowest BCUT2D eigenvalue weighted by atomic mass is 10.2. The van der Waals surface area contributed by atoms with E-state index < -0.39 is 0 Å². The molecule has 0 spiro atoms. The Balaban J connectivity index is 2.24. The highest BCUT2D eigenvalue weighted by Gasteiger charge is 2.05. The molecule has 18 heavy (non-hydrogen) atoms. The summed E-state index contributed by atoms with van der Waals surface area (Å²) in [6.45, 7) is 1.71. The number of anilines is 2. The van der Waals surface area contributed by atoms with Crippen LogP contribution in [0.5, 0.6) is 5.75 Å². The maximum absolute atomic E-state index is 9.23. The molecule has 0 amide bonds. The van der Waals surface area contributed by atoms with E-state index in [-0.39, 0.29) is 6.61 Å². The molecule has 0 radical (unpaired) electrons. The molecule has 1 aromatic carbocycles. The number of hydrogen-bond donors (Lipinski definition) is 2. The molecule has 0 bridgehead atoms. The van der Waals surface area contributed by atoms with E-state index in [2.05, 4.69) is 15.3 Å². The Bertz CT molecular complexity index is 526. The average molecular weight is 245 g/mol. The number of aliphatic hydroxyl groups is 1. The number of rotatable bonds is 4. The van der Waals surface area contributed by atoms with Crippen LogP contribution in [-0.4, -0.2) is 22.2 Å². The SMILES string of the molecule is COc1ccc(Nc2nc(C)ncc2CO)cc1. The summed E-state index contributed by atoms with van der Waals surface area (Å²) in [7, 11) is 1.63. The first-order chi connectivity index (χ1) is 8.72. The lowest BCUT2D eigenvalue weighted by Gasteiger charge is -2.10. The van der Waals surface area contributed by atoms with Crippen LogP contribution >= 0.6 is 0 Å². The van der Waals surface area contributed by atoms with Gasteiger partial charge in [-0.3, -0.25) is 0 Å². The second-order valence-electron chi connectivity index (χ2n) is 3.80. The van der Waals surface area contributed by atoms with Gasteiger partial charge < -0.3 is 15.2 Å². The van der Waals surface area contributed by atoms with Crippen molar-refractivity contribution in [1.29, 1.82) is 0 Å². The van der Waals surface area contributed by atoms with Crippen LogP contribution in [0.1, 0.15) is 11.4 Å². The smallest absolute Gasteiger partial charge is 0.139 e. The highest BCUT2D eigenvalue weighted by Crippen LogP contribution is 2.21. The van der Waals surface area contributed by atoms with Crippen LogP contribution < -0.4 is 10.1 Å². The Morgan fingerprint density at radius 2 is 2.00 bits per heavy atom. The number of ether oxygens (including phenoxy) is 1. The summed E-state index contributed by atoms with van der Waals surface area (Å²) in [6.07, 6.45) is 1.62. The molecule has 0 aliphatic heterocycles. The third-order valence-corrected chi connectivity index (χ3v) is 2.51. The third-order valence-electron chi connectivity index (χ3n) is 2.51. The van der Waals surface area contributed by atoms with Crippen LogP contribution in [0.15, 0.2) is 30.5 Å². The van der Waals surface area contributed by atoms with Gasteiger partial charge in [-0.2, -0.15) is 0 Å². The molecule has 2 N–H and O–H groups in total. The first-order valence-electron chi connectivity index (χ1n) is 5.57. The van der Waals surface area contributed by atoms with Crippen molar-refractivity contribution in [2.75, 3.05) is 12.4 Å². The molecule has 1 heterocycles. The molecule has 0 aliphatic rings. The van der Waals surface area contributed by atoms with Crippen molar-refractivity contribution in [3.63, 3.8) is 0 Å². The topological polar surface area (TPSA) is 67.3 Å². The Morgan fingerprint density at radius 1 is 1.28 bits per heavy atom.